The van der Waals surface area contributed by atoms with Gasteiger partial charge < -0.3 is 19.3 Å². The first-order chi connectivity index (χ1) is 15.5. The van der Waals surface area contributed by atoms with Gasteiger partial charge in [0.25, 0.3) is 5.91 Å². The van der Waals surface area contributed by atoms with Crippen molar-refractivity contribution in [1.29, 1.82) is 0 Å². The Morgan fingerprint density at radius 2 is 1.78 bits per heavy atom. The molecule has 1 saturated heterocycles. The number of likely N-dealkylation sites (tertiary alicyclic amines) is 1. The third-order valence-corrected chi connectivity index (χ3v) is 6.11. The predicted octanol–water partition coefficient (Wildman–Crippen LogP) is 3.62. The Morgan fingerprint density at radius 1 is 1.03 bits per heavy atom. The molecule has 1 aliphatic rings. The molecule has 6 heteroatoms. The van der Waals surface area contributed by atoms with Crippen molar-refractivity contribution in [2.45, 2.75) is 19.4 Å². The number of para-hydroxylation sites is 1. The average molecular weight is 440 g/mol. The van der Waals surface area contributed by atoms with Gasteiger partial charge in [0.2, 0.25) is 0 Å². The third kappa shape index (κ3) is 6.71. The van der Waals surface area contributed by atoms with Gasteiger partial charge in [0.05, 0.1) is 14.2 Å². The summed E-state index contributed by atoms with van der Waals surface area (Å²) in [4.78, 5) is 20.0. The number of nitrogens with zero attached hydrogens (tertiary/aromatic N) is 3. The summed E-state index contributed by atoms with van der Waals surface area (Å²) in [6.45, 7) is 5.30. The van der Waals surface area contributed by atoms with E-state index >= 15 is 0 Å². The lowest BCUT2D eigenvalue weighted by Crippen LogP contribution is -2.44. The van der Waals surface area contributed by atoms with Crippen LogP contribution < -0.4 is 9.47 Å². The smallest absolute Gasteiger partial charge is 0.253 e. The largest absolute Gasteiger partial charge is 0.497 e. The van der Waals surface area contributed by atoms with E-state index in [1.807, 2.05) is 55.4 Å². The van der Waals surface area contributed by atoms with Crippen molar-refractivity contribution in [3.63, 3.8) is 0 Å². The molecule has 2 aromatic rings. The number of piperidine rings is 1. The second kappa shape index (κ2) is 11.9. The Hall–Kier alpha value is -2.57. The molecule has 174 valence electrons. The number of likely N-dealkylation sites (N-methyl/N-ethyl adjacent to an activating group) is 1. The zero-order valence-corrected chi connectivity index (χ0v) is 19.9. The molecular weight excluding hydrogens is 402 g/mol. The maximum absolute atomic E-state index is 13.3. The van der Waals surface area contributed by atoms with Gasteiger partial charge in [-0.25, -0.2) is 0 Å². The molecule has 0 radical (unpaired) electrons. The fourth-order valence-electron chi connectivity index (χ4n) is 4.34. The van der Waals surface area contributed by atoms with Gasteiger partial charge in [-0.1, -0.05) is 18.2 Å². The highest BCUT2D eigenvalue weighted by molar-refractivity contribution is 5.94. The number of methoxy groups -OCH3 is 2. The van der Waals surface area contributed by atoms with Gasteiger partial charge >= 0.3 is 0 Å². The molecule has 1 aliphatic heterocycles. The first-order valence-corrected chi connectivity index (χ1v) is 11.4. The van der Waals surface area contributed by atoms with Gasteiger partial charge in [-0.2, -0.15) is 0 Å². The first kappa shape index (κ1) is 24.1. The number of benzene rings is 2. The SMILES string of the molecule is COc1ccc(C(=O)N(CCN(C)C)CC2CCCN(Cc3ccccc3OC)C2)cc1. The van der Waals surface area contributed by atoms with E-state index in [-0.39, 0.29) is 5.91 Å². The van der Waals surface area contributed by atoms with Gasteiger partial charge in [0.1, 0.15) is 11.5 Å². The highest BCUT2D eigenvalue weighted by Gasteiger charge is 2.25. The van der Waals surface area contributed by atoms with Crippen molar-refractivity contribution in [3.05, 3.63) is 59.7 Å². The highest BCUT2D eigenvalue weighted by atomic mass is 16.5. The molecule has 1 unspecified atom stereocenters. The number of carbonyl (C=O) groups excluding carboxylic acids is 1. The van der Waals surface area contributed by atoms with E-state index < -0.39 is 0 Å². The first-order valence-electron chi connectivity index (χ1n) is 11.4. The van der Waals surface area contributed by atoms with Crippen LogP contribution in [0.3, 0.4) is 0 Å². The number of rotatable bonds is 10. The molecule has 32 heavy (non-hydrogen) atoms. The van der Waals surface area contributed by atoms with Crippen molar-refractivity contribution < 1.29 is 14.3 Å². The fraction of sp³-hybridized carbons (Fsp3) is 0.500. The molecule has 2 aromatic carbocycles. The second-order valence-corrected chi connectivity index (χ2v) is 8.84. The van der Waals surface area contributed by atoms with E-state index in [0.717, 1.165) is 63.6 Å². The fourth-order valence-corrected chi connectivity index (χ4v) is 4.34. The van der Waals surface area contributed by atoms with Crippen LogP contribution in [0.4, 0.5) is 0 Å². The maximum atomic E-state index is 13.3. The van der Waals surface area contributed by atoms with Crippen LogP contribution in [0.1, 0.15) is 28.8 Å². The third-order valence-electron chi connectivity index (χ3n) is 6.11. The van der Waals surface area contributed by atoms with Crippen LogP contribution in [-0.4, -0.2) is 81.6 Å². The van der Waals surface area contributed by atoms with Crippen molar-refractivity contribution in [2.75, 3.05) is 61.0 Å². The molecule has 6 nitrogen and oxygen atoms in total. The number of hydrogen-bond donors (Lipinski definition) is 0. The summed E-state index contributed by atoms with van der Waals surface area (Å²) in [7, 11) is 7.46. The molecule has 1 fully saturated rings. The van der Waals surface area contributed by atoms with Crippen LogP contribution in [0.25, 0.3) is 0 Å². The van der Waals surface area contributed by atoms with Crippen molar-refractivity contribution in [1.82, 2.24) is 14.7 Å². The molecule has 1 amide bonds. The van der Waals surface area contributed by atoms with Gasteiger partial charge in [-0.3, -0.25) is 9.69 Å². The van der Waals surface area contributed by atoms with E-state index in [2.05, 4.69) is 21.9 Å². The minimum atomic E-state index is 0.0938. The molecule has 1 heterocycles. The lowest BCUT2D eigenvalue weighted by atomic mass is 9.96. The molecule has 0 aromatic heterocycles. The van der Waals surface area contributed by atoms with Crippen molar-refractivity contribution in [3.8, 4) is 11.5 Å². The minimum absolute atomic E-state index is 0.0938. The lowest BCUT2D eigenvalue weighted by molar-refractivity contribution is 0.0660. The Kier molecular flexibility index (Phi) is 8.94. The van der Waals surface area contributed by atoms with Crippen molar-refractivity contribution in [2.24, 2.45) is 5.92 Å². The number of hydrogen-bond acceptors (Lipinski definition) is 5. The standard InChI is InChI=1S/C26H37N3O3/c1-27(2)16-17-29(26(30)22-11-13-24(31-3)14-12-22)19-21-8-7-15-28(18-21)20-23-9-5-6-10-25(23)32-4/h5-6,9-14,21H,7-8,15-20H2,1-4H3. The summed E-state index contributed by atoms with van der Waals surface area (Å²) in [5, 5.41) is 0. The summed E-state index contributed by atoms with van der Waals surface area (Å²) in [5.74, 6) is 2.26. The Morgan fingerprint density at radius 3 is 2.47 bits per heavy atom. The van der Waals surface area contributed by atoms with Gasteiger partial charge in [-0.15, -0.1) is 0 Å². The molecule has 0 bridgehead atoms. The summed E-state index contributed by atoms with van der Waals surface area (Å²) in [6.07, 6.45) is 2.30. The van der Waals surface area contributed by atoms with Crippen LogP contribution >= 0.6 is 0 Å². The molecule has 0 spiro atoms. The van der Waals surface area contributed by atoms with Crippen LogP contribution in [-0.2, 0) is 6.54 Å². The Bertz CT molecular complexity index is 854. The van der Waals surface area contributed by atoms with E-state index in [4.69, 9.17) is 9.47 Å². The molecule has 1 atom stereocenters. The van der Waals surface area contributed by atoms with E-state index in [9.17, 15) is 4.79 Å². The zero-order chi connectivity index (χ0) is 22.9. The molecule has 0 saturated carbocycles. The van der Waals surface area contributed by atoms with Gasteiger partial charge in [0.15, 0.2) is 0 Å². The number of ether oxygens (including phenoxy) is 2. The van der Waals surface area contributed by atoms with Gasteiger partial charge in [0, 0.05) is 43.9 Å². The monoisotopic (exact) mass is 439 g/mol. The summed E-state index contributed by atoms with van der Waals surface area (Å²) in [6, 6.07) is 15.7. The zero-order valence-electron chi connectivity index (χ0n) is 19.9. The predicted molar refractivity (Wildman–Crippen MR) is 128 cm³/mol. The quantitative estimate of drug-likeness (QED) is 0.566. The molecule has 3 rings (SSSR count). The number of carbonyl (C=O) groups is 1. The Labute approximate surface area is 192 Å². The average Bonchev–Trinajstić information content (AvgIpc) is 2.82. The molecular formula is C26H37N3O3. The van der Waals surface area contributed by atoms with Gasteiger partial charge in [-0.05, 0) is 69.7 Å². The van der Waals surface area contributed by atoms with E-state index in [0.29, 0.717) is 11.5 Å². The van der Waals surface area contributed by atoms with Crippen LogP contribution in [0.5, 0.6) is 11.5 Å². The number of amides is 1. The van der Waals surface area contributed by atoms with Crippen LogP contribution in [0.15, 0.2) is 48.5 Å². The van der Waals surface area contributed by atoms with E-state index in [1.54, 1.807) is 14.2 Å². The molecule has 0 N–H and O–H groups in total. The Balaban J connectivity index is 1.66. The summed E-state index contributed by atoms with van der Waals surface area (Å²) >= 11 is 0. The molecule has 0 aliphatic carbocycles. The highest BCUT2D eigenvalue weighted by Crippen LogP contribution is 2.24. The normalized spacial score (nSPS) is 16.7. The topological polar surface area (TPSA) is 45.2 Å². The van der Waals surface area contributed by atoms with Crippen LogP contribution in [0, 0.1) is 5.92 Å². The van der Waals surface area contributed by atoms with Crippen molar-refractivity contribution >= 4 is 5.91 Å². The summed E-state index contributed by atoms with van der Waals surface area (Å²) in [5.41, 5.74) is 1.93. The van der Waals surface area contributed by atoms with E-state index in [1.165, 1.54) is 5.56 Å². The maximum Gasteiger partial charge on any atom is 0.253 e. The summed E-state index contributed by atoms with van der Waals surface area (Å²) < 4.78 is 10.8. The minimum Gasteiger partial charge on any atom is -0.497 e. The second-order valence-electron chi connectivity index (χ2n) is 8.84. The van der Waals surface area contributed by atoms with Crippen LogP contribution in [0.2, 0.25) is 0 Å². The lowest BCUT2D eigenvalue weighted by Gasteiger charge is -2.36.